The van der Waals surface area contributed by atoms with Gasteiger partial charge in [-0.1, -0.05) is 40.5 Å². The minimum Gasteiger partial charge on any atom is -0.316 e. The summed E-state index contributed by atoms with van der Waals surface area (Å²) in [6.45, 7) is 12.8. The molecular formula is C16H34N2. The van der Waals surface area contributed by atoms with Crippen LogP contribution in [0.4, 0.5) is 0 Å². The van der Waals surface area contributed by atoms with E-state index in [1.807, 2.05) is 0 Å². The van der Waals surface area contributed by atoms with Gasteiger partial charge in [0.25, 0.3) is 0 Å². The van der Waals surface area contributed by atoms with Gasteiger partial charge in [0, 0.05) is 19.1 Å². The first-order chi connectivity index (χ1) is 8.50. The van der Waals surface area contributed by atoms with Crippen molar-refractivity contribution in [2.24, 2.45) is 11.3 Å². The van der Waals surface area contributed by atoms with E-state index in [1.165, 1.54) is 38.6 Å². The van der Waals surface area contributed by atoms with Crippen molar-refractivity contribution in [3.05, 3.63) is 0 Å². The van der Waals surface area contributed by atoms with Crippen LogP contribution < -0.4 is 5.32 Å². The standard InChI is InChI=1S/C16H34N2/c1-6-16(4,12-17-7-2)13-18(5)15-10-8-9-14(3)11-15/h14-15,17H,6-13H2,1-5H3. The molecule has 0 bridgehead atoms. The molecule has 0 aromatic heterocycles. The number of hydrogen-bond acceptors (Lipinski definition) is 2. The maximum absolute atomic E-state index is 3.53. The fourth-order valence-electron chi connectivity index (χ4n) is 3.25. The van der Waals surface area contributed by atoms with Gasteiger partial charge in [-0.15, -0.1) is 0 Å². The highest BCUT2D eigenvalue weighted by molar-refractivity contribution is 4.83. The van der Waals surface area contributed by atoms with Crippen molar-refractivity contribution in [2.45, 2.75) is 65.8 Å². The van der Waals surface area contributed by atoms with Crippen LogP contribution in [0.25, 0.3) is 0 Å². The summed E-state index contributed by atoms with van der Waals surface area (Å²) in [5, 5.41) is 3.53. The number of nitrogens with one attached hydrogen (secondary N) is 1. The van der Waals surface area contributed by atoms with E-state index in [0.29, 0.717) is 5.41 Å². The largest absolute Gasteiger partial charge is 0.316 e. The maximum atomic E-state index is 3.53. The zero-order chi connectivity index (χ0) is 13.6. The Morgan fingerprint density at radius 1 is 1.28 bits per heavy atom. The Kier molecular flexibility index (Phi) is 6.65. The van der Waals surface area contributed by atoms with Gasteiger partial charge >= 0.3 is 0 Å². The Morgan fingerprint density at radius 2 is 2.00 bits per heavy atom. The van der Waals surface area contributed by atoms with Gasteiger partial charge < -0.3 is 10.2 Å². The normalized spacial score (nSPS) is 28.3. The van der Waals surface area contributed by atoms with Crippen molar-refractivity contribution < 1.29 is 0 Å². The van der Waals surface area contributed by atoms with Crippen LogP contribution in [0.1, 0.15) is 59.8 Å². The Bertz CT molecular complexity index is 229. The van der Waals surface area contributed by atoms with E-state index in [0.717, 1.165) is 25.0 Å². The van der Waals surface area contributed by atoms with Crippen LogP contribution in [-0.4, -0.2) is 37.6 Å². The van der Waals surface area contributed by atoms with Crippen molar-refractivity contribution in [1.29, 1.82) is 0 Å². The molecule has 1 N–H and O–H groups in total. The molecule has 2 heteroatoms. The van der Waals surface area contributed by atoms with Crippen molar-refractivity contribution in [1.82, 2.24) is 10.2 Å². The molecule has 0 aromatic rings. The average Bonchev–Trinajstić information content (AvgIpc) is 2.36. The summed E-state index contributed by atoms with van der Waals surface area (Å²) in [5.74, 6) is 0.924. The molecule has 2 nitrogen and oxygen atoms in total. The van der Waals surface area contributed by atoms with Crippen LogP contribution >= 0.6 is 0 Å². The third-order valence-corrected chi connectivity index (χ3v) is 4.82. The van der Waals surface area contributed by atoms with E-state index in [4.69, 9.17) is 0 Å². The highest BCUT2D eigenvalue weighted by Crippen LogP contribution is 2.29. The predicted molar refractivity (Wildman–Crippen MR) is 81.0 cm³/mol. The second-order valence-corrected chi connectivity index (χ2v) is 6.79. The third kappa shape index (κ3) is 4.89. The van der Waals surface area contributed by atoms with Gasteiger partial charge in [-0.2, -0.15) is 0 Å². The van der Waals surface area contributed by atoms with Crippen molar-refractivity contribution in [2.75, 3.05) is 26.7 Å². The topological polar surface area (TPSA) is 15.3 Å². The molecule has 0 aromatic carbocycles. The van der Waals surface area contributed by atoms with E-state index in [2.05, 4.69) is 45.0 Å². The van der Waals surface area contributed by atoms with Crippen LogP contribution in [0.3, 0.4) is 0 Å². The predicted octanol–water partition coefficient (Wildman–Crippen LogP) is 3.52. The van der Waals surface area contributed by atoms with Crippen LogP contribution in [0.15, 0.2) is 0 Å². The second kappa shape index (κ2) is 7.49. The van der Waals surface area contributed by atoms with Gasteiger partial charge in [-0.25, -0.2) is 0 Å². The molecular weight excluding hydrogens is 220 g/mol. The first kappa shape index (κ1) is 16.0. The van der Waals surface area contributed by atoms with Crippen LogP contribution in [0.5, 0.6) is 0 Å². The summed E-state index contributed by atoms with van der Waals surface area (Å²) >= 11 is 0. The van der Waals surface area contributed by atoms with Crippen LogP contribution in [0, 0.1) is 11.3 Å². The Labute approximate surface area is 115 Å². The molecule has 1 fully saturated rings. The molecule has 0 aliphatic heterocycles. The van der Waals surface area contributed by atoms with Gasteiger partial charge in [0.1, 0.15) is 0 Å². The van der Waals surface area contributed by atoms with Crippen molar-refractivity contribution in [3.63, 3.8) is 0 Å². The SMILES string of the molecule is CCNCC(C)(CC)CN(C)C1CCCC(C)C1. The molecule has 18 heavy (non-hydrogen) atoms. The van der Waals surface area contributed by atoms with Gasteiger partial charge in [-0.3, -0.25) is 0 Å². The number of rotatable bonds is 7. The molecule has 108 valence electrons. The summed E-state index contributed by atoms with van der Waals surface area (Å²) in [5.41, 5.74) is 0.422. The van der Waals surface area contributed by atoms with E-state index < -0.39 is 0 Å². The van der Waals surface area contributed by atoms with Gasteiger partial charge in [0.15, 0.2) is 0 Å². The summed E-state index contributed by atoms with van der Waals surface area (Å²) in [7, 11) is 2.34. The van der Waals surface area contributed by atoms with Crippen molar-refractivity contribution in [3.8, 4) is 0 Å². The van der Waals surface area contributed by atoms with Gasteiger partial charge in [0.05, 0.1) is 0 Å². The fourth-order valence-corrected chi connectivity index (χ4v) is 3.25. The summed E-state index contributed by atoms with van der Waals surface area (Å²) in [6.07, 6.45) is 6.92. The summed E-state index contributed by atoms with van der Waals surface area (Å²) in [4.78, 5) is 2.64. The zero-order valence-corrected chi connectivity index (χ0v) is 13.3. The minimum atomic E-state index is 0.422. The third-order valence-electron chi connectivity index (χ3n) is 4.82. The lowest BCUT2D eigenvalue weighted by molar-refractivity contribution is 0.105. The van der Waals surface area contributed by atoms with Gasteiger partial charge in [0.2, 0.25) is 0 Å². The molecule has 0 amide bonds. The Morgan fingerprint density at radius 3 is 2.56 bits per heavy atom. The summed E-state index contributed by atoms with van der Waals surface area (Å²) < 4.78 is 0. The quantitative estimate of drug-likeness (QED) is 0.748. The molecule has 1 aliphatic rings. The molecule has 0 saturated heterocycles. The van der Waals surface area contributed by atoms with E-state index in [1.54, 1.807) is 0 Å². The molecule has 1 saturated carbocycles. The molecule has 0 heterocycles. The molecule has 0 radical (unpaired) electrons. The molecule has 1 aliphatic carbocycles. The highest BCUT2D eigenvalue weighted by Gasteiger charge is 2.28. The number of hydrogen-bond donors (Lipinski definition) is 1. The zero-order valence-electron chi connectivity index (χ0n) is 13.3. The van der Waals surface area contributed by atoms with Crippen LogP contribution in [-0.2, 0) is 0 Å². The van der Waals surface area contributed by atoms with Crippen molar-refractivity contribution >= 4 is 0 Å². The first-order valence-electron chi connectivity index (χ1n) is 7.91. The highest BCUT2D eigenvalue weighted by atomic mass is 15.1. The molecule has 3 atom stereocenters. The lowest BCUT2D eigenvalue weighted by atomic mass is 9.83. The molecule has 1 rings (SSSR count). The van der Waals surface area contributed by atoms with Gasteiger partial charge in [-0.05, 0) is 44.2 Å². The van der Waals surface area contributed by atoms with E-state index >= 15 is 0 Å². The second-order valence-electron chi connectivity index (χ2n) is 6.79. The lowest BCUT2D eigenvalue weighted by Gasteiger charge is -2.40. The Balaban J connectivity index is 2.47. The van der Waals surface area contributed by atoms with Crippen LogP contribution in [0.2, 0.25) is 0 Å². The first-order valence-corrected chi connectivity index (χ1v) is 7.91. The smallest absolute Gasteiger partial charge is 0.00949 e. The molecule has 3 unspecified atom stereocenters. The summed E-state index contributed by atoms with van der Waals surface area (Å²) in [6, 6.07) is 0.821. The maximum Gasteiger partial charge on any atom is 0.00949 e. The Hall–Kier alpha value is -0.0800. The monoisotopic (exact) mass is 254 g/mol. The minimum absolute atomic E-state index is 0.422. The number of nitrogens with zero attached hydrogens (tertiary/aromatic N) is 1. The van der Waals surface area contributed by atoms with E-state index in [9.17, 15) is 0 Å². The fraction of sp³-hybridized carbons (Fsp3) is 1.00. The lowest BCUT2D eigenvalue weighted by Crippen LogP contribution is -2.45. The molecule has 0 spiro atoms. The van der Waals surface area contributed by atoms with E-state index in [-0.39, 0.29) is 0 Å². The average molecular weight is 254 g/mol.